The molecule has 8 nitrogen and oxygen atoms in total. The molecule has 5 rings (SSSR count). The molecule has 0 spiro atoms. The zero-order valence-electron chi connectivity index (χ0n) is 20.6. The van der Waals surface area contributed by atoms with E-state index >= 15 is 0 Å². The maximum Gasteiger partial charge on any atom is 0.506 e. The fourth-order valence-corrected chi connectivity index (χ4v) is 4.82. The van der Waals surface area contributed by atoms with E-state index in [1.807, 2.05) is 56.1 Å². The average Bonchev–Trinajstić information content (AvgIpc) is 3.14. The third-order valence-electron chi connectivity index (χ3n) is 6.56. The number of ether oxygens (including phenoxy) is 1. The lowest BCUT2D eigenvalue weighted by Crippen LogP contribution is -2.61. The van der Waals surface area contributed by atoms with Crippen LogP contribution in [0.4, 0.5) is 21.9 Å². The number of carbonyl (C=O) groups excluding carboxylic acids is 3. The highest BCUT2D eigenvalue weighted by atomic mass is 16.5. The SMILES string of the molecule is COc1ccc(NC(=O)C[N+]2=C3c4cc(C)ccc4N(C)C3C(=O)N(c3cccc(C)c3)C2=O)cc1. The van der Waals surface area contributed by atoms with Gasteiger partial charge in [-0.25, -0.2) is 4.79 Å². The minimum absolute atomic E-state index is 0.243. The maximum atomic E-state index is 13.9. The second-order valence-corrected chi connectivity index (χ2v) is 9.08. The third-order valence-corrected chi connectivity index (χ3v) is 6.56. The van der Waals surface area contributed by atoms with Crippen LogP contribution in [0.3, 0.4) is 0 Å². The summed E-state index contributed by atoms with van der Waals surface area (Å²) in [6, 6.07) is 18.8. The van der Waals surface area contributed by atoms with Crippen LogP contribution in [0.25, 0.3) is 0 Å². The Bertz CT molecular complexity index is 1430. The number of nitrogens with one attached hydrogen (secondary N) is 1. The van der Waals surface area contributed by atoms with Gasteiger partial charge in [0.2, 0.25) is 0 Å². The number of methoxy groups -OCH3 is 1. The second kappa shape index (κ2) is 8.96. The molecule has 0 fully saturated rings. The number of amides is 4. The van der Waals surface area contributed by atoms with Crippen LogP contribution in [0.15, 0.2) is 66.7 Å². The molecule has 0 aromatic heterocycles. The zero-order chi connectivity index (χ0) is 25.6. The molecule has 0 aliphatic carbocycles. The fourth-order valence-electron chi connectivity index (χ4n) is 4.82. The number of nitrogens with zero attached hydrogens (tertiary/aromatic N) is 3. The van der Waals surface area contributed by atoms with Crippen LogP contribution in [0.5, 0.6) is 5.75 Å². The first-order chi connectivity index (χ1) is 17.3. The molecule has 1 atom stereocenters. The van der Waals surface area contributed by atoms with E-state index < -0.39 is 12.1 Å². The number of imide groups is 1. The highest BCUT2D eigenvalue weighted by Gasteiger charge is 2.55. The molecule has 0 saturated carbocycles. The van der Waals surface area contributed by atoms with Crippen molar-refractivity contribution in [3.8, 4) is 5.75 Å². The summed E-state index contributed by atoms with van der Waals surface area (Å²) in [6.45, 7) is 3.62. The lowest BCUT2D eigenvalue weighted by Gasteiger charge is -2.28. The molecule has 182 valence electrons. The summed E-state index contributed by atoms with van der Waals surface area (Å²) in [5, 5.41) is 2.84. The van der Waals surface area contributed by atoms with E-state index in [1.165, 1.54) is 9.48 Å². The van der Waals surface area contributed by atoms with Gasteiger partial charge in [0, 0.05) is 24.0 Å². The van der Waals surface area contributed by atoms with Crippen molar-refractivity contribution in [3.63, 3.8) is 0 Å². The van der Waals surface area contributed by atoms with Crippen molar-refractivity contribution in [2.45, 2.75) is 19.9 Å². The number of benzene rings is 3. The molecular formula is C28H27N4O4+. The quantitative estimate of drug-likeness (QED) is 0.559. The van der Waals surface area contributed by atoms with Crippen molar-refractivity contribution >= 4 is 40.6 Å². The molecule has 1 unspecified atom stereocenters. The Kier molecular flexibility index (Phi) is 5.80. The predicted octanol–water partition coefficient (Wildman–Crippen LogP) is 3.74. The summed E-state index contributed by atoms with van der Waals surface area (Å²) >= 11 is 0. The summed E-state index contributed by atoms with van der Waals surface area (Å²) in [5.74, 6) is -0.0447. The van der Waals surface area contributed by atoms with E-state index in [0.29, 0.717) is 22.8 Å². The van der Waals surface area contributed by atoms with Crippen LogP contribution in [0.1, 0.15) is 16.7 Å². The molecule has 2 aliphatic rings. The molecule has 8 heteroatoms. The van der Waals surface area contributed by atoms with Gasteiger partial charge in [-0.3, -0.25) is 4.79 Å². The molecular weight excluding hydrogens is 456 g/mol. The van der Waals surface area contributed by atoms with Crippen LogP contribution in [0, 0.1) is 13.8 Å². The number of urea groups is 1. The largest absolute Gasteiger partial charge is 0.506 e. The van der Waals surface area contributed by atoms with E-state index in [2.05, 4.69) is 5.32 Å². The molecule has 0 bridgehead atoms. The van der Waals surface area contributed by atoms with E-state index in [9.17, 15) is 14.4 Å². The molecule has 4 amide bonds. The number of fused-ring (bicyclic) bond motifs is 3. The number of aryl methyl sites for hydroxylation is 2. The Labute approximate surface area is 209 Å². The Balaban J connectivity index is 1.58. The van der Waals surface area contributed by atoms with Gasteiger partial charge in [0.05, 0.1) is 7.11 Å². The van der Waals surface area contributed by atoms with Gasteiger partial charge in [-0.05, 0) is 67.9 Å². The first-order valence-corrected chi connectivity index (χ1v) is 11.6. The van der Waals surface area contributed by atoms with Crippen LogP contribution < -0.4 is 19.9 Å². The van der Waals surface area contributed by atoms with Gasteiger partial charge in [-0.2, -0.15) is 9.37 Å². The molecule has 0 radical (unpaired) electrons. The summed E-state index contributed by atoms with van der Waals surface area (Å²) in [6.07, 6.45) is 0. The van der Waals surface area contributed by atoms with E-state index in [1.54, 1.807) is 43.5 Å². The summed E-state index contributed by atoms with van der Waals surface area (Å²) in [7, 11) is 3.41. The first-order valence-electron chi connectivity index (χ1n) is 11.6. The zero-order valence-corrected chi connectivity index (χ0v) is 20.6. The van der Waals surface area contributed by atoms with Gasteiger partial charge in [-0.15, -0.1) is 4.90 Å². The molecule has 2 aliphatic heterocycles. The van der Waals surface area contributed by atoms with Gasteiger partial charge < -0.3 is 15.0 Å². The minimum atomic E-state index is -0.728. The Morgan fingerprint density at radius 1 is 1.00 bits per heavy atom. The molecule has 2 heterocycles. The molecule has 3 aromatic rings. The van der Waals surface area contributed by atoms with Gasteiger partial charge in [0.25, 0.3) is 5.91 Å². The lowest BCUT2D eigenvalue weighted by molar-refractivity contribution is -0.415. The maximum absolute atomic E-state index is 13.9. The van der Waals surface area contributed by atoms with Crippen LogP contribution in [0.2, 0.25) is 0 Å². The van der Waals surface area contributed by atoms with Gasteiger partial charge in [-0.1, -0.05) is 23.8 Å². The van der Waals surface area contributed by atoms with Crippen LogP contribution in [-0.4, -0.2) is 54.9 Å². The van der Waals surface area contributed by atoms with E-state index in [0.717, 1.165) is 22.4 Å². The van der Waals surface area contributed by atoms with Crippen molar-refractivity contribution in [2.24, 2.45) is 0 Å². The third kappa shape index (κ3) is 3.90. The van der Waals surface area contributed by atoms with Crippen molar-refractivity contribution < 1.29 is 23.7 Å². The van der Waals surface area contributed by atoms with E-state index in [4.69, 9.17) is 4.74 Å². The molecule has 3 aromatic carbocycles. The van der Waals surface area contributed by atoms with Crippen molar-refractivity contribution in [1.82, 2.24) is 0 Å². The highest BCUT2D eigenvalue weighted by Crippen LogP contribution is 2.36. The van der Waals surface area contributed by atoms with Crippen molar-refractivity contribution in [3.05, 3.63) is 83.4 Å². The first kappa shape index (κ1) is 23.3. The lowest BCUT2D eigenvalue weighted by atomic mass is 10.0. The number of likely N-dealkylation sites (N-methyl/N-ethyl adjacent to an activating group) is 1. The minimum Gasteiger partial charge on any atom is -0.497 e. The van der Waals surface area contributed by atoms with Crippen LogP contribution >= 0.6 is 0 Å². The standard InChI is InChI=1S/C28H26N4O4/c1-17-6-5-7-20(14-17)32-27(34)26-25(22-15-18(2)8-13-23(22)30(26)3)31(28(32)35)16-24(33)29-19-9-11-21(36-4)12-10-19/h5-15,26H,16H2,1-4H3/p+1. The van der Waals surface area contributed by atoms with Gasteiger partial charge >= 0.3 is 11.9 Å². The summed E-state index contributed by atoms with van der Waals surface area (Å²) in [5.41, 5.74) is 5.13. The van der Waals surface area contributed by atoms with Crippen molar-refractivity contribution in [1.29, 1.82) is 0 Å². The smallest absolute Gasteiger partial charge is 0.497 e. The molecule has 0 saturated heterocycles. The Hall–Kier alpha value is -4.46. The average molecular weight is 484 g/mol. The second-order valence-electron chi connectivity index (χ2n) is 9.08. The van der Waals surface area contributed by atoms with E-state index in [-0.39, 0.29) is 18.4 Å². The molecule has 1 N–H and O–H groups in total. The number of anilines is 3. The number of hydrogen-bond donors (Lipinski definition) is 1. The van der Waals surface area contributed by atoms with Gasteiger partial charge in [0.1, 0.15) is 11.4 Å². The summed E-state index contributed by atoms with van der Waals surface area (Å²) in [4.78, 5) is 43.8. The molecule has 36 heavy (non-hydrogen) atoms. The number of rotatable bonds is 5. The van der Waals surface area contributed by atoms with Gasteiger partial charge in [0.15, 0.2) is 18.3 Å². The number of hydrogen-bond acceptors (Lipinski definition) is 5. The summed E-state index contributed by atoms with van der Waals surface area (Å²) < 4.78 is 6.60. The normalized spacial score (nSPS) is 16.7. The topological polar surface area (TPSA) is 82.0 Å². The Morgan fingerprint density at radius 3 is 2.42 bits per heavy atom. The number of carbonyl (C=O) groups is 3. The fraction of sp³-hybridized carbons (Fsp3) is 0.214. The Morgan fingerprint density at radius 2 is 1.72 bits per heavy atom. The van der Waals surface area contributed by atoms with Crippen LogP contribution in [-0.2, 0) is 9.59 Å². The predicted molar refractivity (Wildman–Crippen MR) is 138 cm³/mol. The monoisotopic (exact) mass is 483 g/mol. The highest BCUT2D eigenvalue weighted by molar-refractivity contribution is 6.33. The van der Waals surface area contributed by atoms with Crippen molar-refractivity contribution in [2.75, 3.05) is 35.8 Å².